The Kier molecular flexibility index (Phi) is 1.69. The van der Waals surface area contributed by atoms with Gasteiger partial charge in [0.2, 0.25) is 5.13 Å². The fraction of sp³-hybridized carbons (Fsp3) is 0.500. The van der Waals surface area contributed by atoms with Gasteiger partial charge in [0.25, 0.3) is 0 Å². The molecular formula is C6H7N3O2S. The second kappa shape index (κ2) is 2.71. The van der Waals surface area contributed by atoms with Crippen molar-refractivity contribution in [1.29, 1.82) is 0 Å². The summed E-state index contributed by atoms with van der Waals surface area (Å²) >= 11 is 1.29. The molecule has 0 saturated carbocycles. The SMILES string of the molecule is O=C(O)C1CN(c2ncns2)C1. The summed E-state index contributed by atoms with van der Waals surface area (Å²) in [7, 11) is 0. The Balaban J connectivity index is 1.94. The van der Waals surface area contributed by atoms with E-state index in [-0.39, 0.29) is 5.92 Å². The number of anilines is 1. The van der Waals surface area contributed by atoms with Crippen LogP contribution in [0, 0.1) is 5.92 Å². The smallest absolute Gasteiger partial charge is 0.310 e. The van der Waals surface area contributed by atoms with E-state index in [1.807, 2.05) is 4.90 Å². The monoisotopic (exact) mass is 185 g/mol. The predicted molar refractivity (Wildman–Crippen MR) is 43.2 cm³/mol. The Labute approximate surface area is 72.8 Å². The molecule has 1 aliphatic heterocycles. The van der Waals surface area contributed by atoms with Gasteiger partial charge in [-0.3, -0.25) is 4.79 Å². The molecule has 0 atom stereocenters. The fourth-order valence-corrected chi connectivity index (χ4v) is 1.64. The lowest BCUT2D eigenvalue weighted by Crippen LogP contribution is -2.50. The van der Waals surface area contributed by atoms with Gasteiger partial charge in [-0.1, -0.05) is 0 Å². The van der Waals surface area contributed by atoms with Crippen LogP contribution in [-0.2, 0) is 4.79 Å². The molecule has 5 nitrogen and oxygen atoms in total. The number of carboxylic acid groups (broad SMARTS) is 1. The molecule has 0 aromatic carbocycles. The fourth-order valence-electron chi connectivity index (χ4n) is 1.10. The third-order valence-corrected chi connectivity index (χ3v) is 2.58. The molecule has 6 heteroatoms. The maximum atomic E-state index is 10.4. The van der Waals surface area contributed by atoms with E-state index in [1.54, 1.807) is 0 Å². The molecule has 1 aromatic heterocycles. The summed E-state index contributed by atoms with van der Waals surface area (Å²) in [5.41, 5.74) is 0. The van der Waals surface area contributed by atoms with Gasteiger partial charge in [-0.15, -0.1) is 0 Å². The molecule has 1 aromatic rings. The van der Waals surface area contributed by atoms with Crippen LogP contribution in [0.4, 0.5) is 5.13 Å². The van der Waals surface area contributed by atoms with Crippen LogP contribution in [-0.4, -0.2) is 33.5 Å². The molecular weight excluding hydrogens is 178 g/mol. The van der Waals surface area contributed by atoms with E-state index in [4.69, 9.17) is 5.11 Å². The van der Waals surface area contributed by atoms with Gasteiger partial charge in [-0.2, -0.15) is 4.37 Å². The first-order chi connectivity index (χ1) is 5.77. The molecule has 0 spiro atoms. The van der Waals surface area contributed by atoms with Crippen LogP contribution in [0.15, 0.2) is 6.33 Å². The van der Waals surface area contributed by atoms with E-state index in [0.29, 0.717) is 13.1 Å². The Morgan fingerprint density at radius 2 is 2.50 bits per heavy atom. The zero-order chi connectivity index (χ0) is 8.55. The third kappa shape index (κ3) is 1.14. The highest BCUT2D eigenvalue weighted by Gasteiger charge is 2.33. The average molecular weight is 185 g/mol. The Bertz CT molecular complexity index is 281. The molecule has 0 unspecified atom stereocenters. The van der Waals surface area contributed by atoms with Crippen LogP contribution < -0.4 is 4.90 Å². The van der Waals surface area contributed by atoms with Crippen molar-refractivity contribution >= 4 is 22.6 Å². The van der Waals surface area contributed by atoms with Gasteiger partial charge in [-0.25, -0.2) is 4.98 Å². The molecule has 1 fully saturated rings. The standard InChI is InChI=1S/C6H7N3O2S/c10-5(11)4-1-9(2-4)6-7-3-8-12-6/h3-4H,1-2H2,(H,10,11). The first-order valence-corrected chi connectivity index (χ1v) is 4.29. The zero-order valence-electron chi connectivity index (χ0n) is 6.17. The number of rotatable bonds is 2. The highest BCUT2D eigenvalue weighted by Crippen LogP contribution is 2.24. The number of nitrogens with zero attached hydrogens (tertiary/aromatic N) is 3. The van der Waals surface area contributed by atoms with Gasteiger partial charge in [0.15, 0.2) is 0 Å². The molecule has 64 valence electrons. The van der Waals surface area contributed by atoms with Gasteiger partial charge in [0, 0.05) is 24.6 Å². The topological polar surface area (TPSA) is 66.3 Å². The quantitative estimate of drug-likeness (QED) is 0.705. The summed E-state index contributed by atoms with van der Waals surface area (Å²) in [5.74, 6) is -0.954. The Hall–Kier alpha value is -1.17. The van der Waals surface area contributed by atoms with Crippen molar-refractivity contribution in [3.8, 4) is 0 Å². The zero-order valence-corrected chi connectivity index (χ0v) is 6.99. The van der Waals surface area contributed by atoms with Crippen molar-refractivity contribution in [3.05, 3.63) is 6.33 Å². The van der Waals surface area contributed by atoms with E-state index in [0.717, 1.165) is 5.13 Å². The molecule has 0 aliphatic carbocycles. The Morgan fingerprint density at radius 1 is 1.75 bits per heavy atom. The largest absolute Gasteiger partial charge is 0.481 e. The number of carboxylic acids is 1. The number of hydrogen-bond donors (Lipinski definition) is 1. The van der Waals surface area contributed by atoms with Gasteiger partial charge < -0.3 is 10.0 Å². The second-order valence-electron chi connectivity index (χ2n) is 2.66. The summed E-state index contributed by atoms with van der Waals surface area (Å²) < 4.78 is 3.84. The van der Waals surface area contributed by atoms with Crippen molar-refractivity contribution in [2.75, 3.05) is 18.0 Å². The molecule has 0 radical (unpaired) electrons. The highest BCUT2D eigenvalue weighted by atomic mass is 32.1. The summed E-state index contributed by atoms with van der Waals surface area (Å²) in [4.78, 5) is 16.3. The van der Waals surface area contributed by atoms with Crippen molar-refractivity contribution < 1.29 is 9.90 Å². The predicted octanol–water partition coefficient (Wildman–Crippen LogP) is 0.0589. The van der Waals surface area contributed by atoms with Crippen molar-refractivity contribution in [2.45, 2.75) is 0 Å². The third-order valence-electron chi connectivity index (χ3n) is 1.85. The van der Waals surface area contributed by atoms with Gasteiger partial charge >= 0.3 is 5.97 Å². The summed E-state index contributed by atoms with van der Waals surface area (Å²) in [6, 6.07) is 0. The van der Waals surface area contributed by atoms with Crippen LogP contribution in [0.2, 0.25) is 0 Å². The van der Waals surface area contributed by atoms with Crippen LogP contribution in [0.3, 0.4) is 0 Å². The summed E-state index contributed by atoms with van der Waals surface area (Å²) in [5, 5.41) is 9.40. The second-order valence-corrected chi connectivity index (χ2v) is 3.42. The lowest BCUT2D eigenvalue weighted by molar-refractivity contribution is -0.142. The first kappa shape index (κ1) is 7.48. The van der Waals surface area contributed by atoms with Crippen molar-refractivity contribution in [1.82, 2.24) is 9.36 Å². The van der Waals surface area contributed by atoms with E-state index in [2.05, 4.69) is 9.36 Å². The molecule has 0 bridgehead atoms. The normalized spacial score (nSPS) is 17.5. The van der Waals surface area contributed by atoms with Gasteiger partial charge in [0.05, 0.1) is 5.92 Å². The van der Waals surface area contributed by atoms with E-state index < -0.39 is 5.97 Å². The maximum absolute atomic E-state index is 10.4. The number of aromatic nitrogens is 2. The van der Waals surface area contributed by atoms with Crippen LogP contribution in [0.25, 0.3) is 0 Å². The highest BCUT2D eigenvalue weighted by molar-refractivity contribution is 7.09. The van der Waals surface area contributed by atoms with Crippen molar-refractivity contribution in [2.24, 2.45) is 5.92 Å². The minimum atomic E-state index is -0.726. The average Bonchev–Trinajstić information content (AvgIpc) is 2.34. The lowest BCUT2D eigenvalue weighted by Gasteiger charge is -2.35. The maximum Gasteiger partial charge on any atom is 0.310 e. The summed E-state index contributed by atoms with van der Waals surface area (Å²) in [6.07, 6.45) is 1.48. The van der Waals surface area contributed by atoms with Crippen LogP contribution in [0.1, 0.15) is 0 Å². The minimum absolute atomic E-state index is 0.228. The molecule has 12 heavy (non-hydrogen) atoms. The molecule has 2 rings (SSSR count). The van der Waals surface area contributed by atoms with Crippen molar-refractivity contribution in [3.63, 3.8) is 0 Å². The van der Waals surface area contributed by atoms with Crippen LogP contribution >= 0.6 is 11.5 Å². The van der Waals surface area contributed by atoms with Gasteiger partial charge in [-0.05, 0) is 0 Å². The summed E-state index contributed by atoms with van der Waals surface area (Å²) in [6.45, 7) is 1.12. The van der Waals surface area contributed by atoms with E-state index in [9.17, 15) is 4.79 Å². The number of carbonyl (C=O) groups is 1. The minimum Gasteiger partial charge on any atom is -0.481 e. The molecule has 1 N–H and O–H groups in total. The number of aliphatic carboxylic acids is 1. The molecule has 1 aliphatic rings. The van der Waals surface area contributed by atoms with Gasteiger partial charge in [0.1, 0.15) is 6.33 Å². The molecule has 0 amide bonds. The van der Waals surface area contributed by atoms with E-state index in [1.165, 1.54) is 17.9 Å². The first-order valence-electron chi connectivity index (χ1n) is 3.52. The van der Waals surface area contributed by atoms with E-state index >= 15 is 0 Å². The Morgan fingerprint density at radius 3 is 3.00 bits per heavy atom. The van der Waals surface area contributed by atoms with Crippen LogP contribution in [0.5, 0.6) is 0 Å². The molecule has 2 heterocycles. The molecule has 1 saturated heterocycles. The number of hydrogen-bond acceptors (Lipinski definition) is 5. The lowest BCUT2D eigenvalue weighted by atomic mass is 10.0.